The van der Waals surface area contributed by atoms with E-state index in [1.54, 1.807) is 0 Å². The van der Waals surface area contributed by atoms with E-state index in [1.807, 2.05) is 0 Å². The molecular formula is C17H20N2. The Morgan fingerprint density at radius 1 is 1.00 bits per heavy atom. The smallest absolute Gasteiger partial charge is 0.0429 e. The summed E-state index contributed by atoms with van der Waals surface area (Å²) in [6.07, 6.45) is 1.07. The molecule has 2 N–H and O–H groups in total. The molecule has 3 rings (SSSR count). The van der Waals surface area contributed by atoms with E-state index in [2.05, 4.69) is 59.5 Å². The lowest BCUT2D eigenvalue weighted by Gasteiger charge is -2.20. The van der Waals surface area contributed by atoms with Crippen LogP contribution in [0.25, 0.3) is 0 Å². The van der Waals surface area contributed by atoms with Gasteiger partial charge < -0.3 is 10.6 Å². The second kappa shape index (κ2) is 5.45. The zero-order valence-corrected chi connectivity index (χ0v) is 11.1. The number of nitrogens with zero attached hydrogens (tertiary/aromatic N) is 1. The lowest BCUT2D eigenvalue weighted by Crippen LogP contribution is -2.22. The first-order valence-electron chi connectivity index (χ1n) is 6.96. The molecule has 19 heavy (non-hydrogen) atoms. The van der Waals surface area contributed by atoms with Crippen molar-refractivity contribution in [3.8, 4) is 0 Å². The van der Waals surface area contributed by atoms with Crippen LogP contribution in [0, 0.1) is 0 Å². The molecule has 1 aliphatic rings. The number of rotatable bonds is 4. The Morgan fingerprint density at radius 2 is 1.74 bits per heavy atom. The number of fused-ring (bicyclic) bond motifs is 1. The SMILES string of the molecule is NCCC1CN(Cc2ccccc2)c2ccccc21. The van der Waals surface area contributed by atoms with Gasteiger partial charge in [0.15, 0.2) is 0 Å². The van der Waals surface area contributed by atoms with E-state index in [0.717, 1.165) is 26.1 Å². The molecule has 0 saturated carbocycles. The van der Waals surface area contributed by atoms with E-state index >= 15 is 0 Å². The van der Waals surface area contributed by atoms with E-state index in [4.69, 9.17) is 5.73 Å². The molecule has 0 saturated heterocycles. The van der Waals surface area contributed by atoms with Gasteiger partial charge in [-0.2, -0.15) is 0 Å². The Labute approximate surface area is 114 Å². The van der Waals surface area contributed by atoms with Crippen molar-refractivity contribution < 1.29 is 0 Å². The largest absolute Gasteiger partial charge is 0.366 e. The Bertz CT molecular complexity index is 536. The van der Waals surface area contributed by atoms with Crippen LogP contribution < -0.4 is 10.6 Å². The van der Waals surface area contributed by atoms with Crippen molar-refractivity contribution in [2.24, 2.45) is 5.73 Å². The fraction of sp³-hybridized carbons (Fsp3) is 0.294. The lowest BCUT2D eigenvalue weighted by molar-refractivity contribution is 0.644. The van der Waals surface area contributed by atoms with Gasteiger partial charge in [0.05, 0.1) is 0 Å². The van der Waals surface area contributed by atoms with Gasteiger partial charge in [0.25, 0.3) is 0 Å². The van der Waals surface area contributed by atoms with Crippen LogP contribution in [0.2, 0.25) is 0 Å². The van der Waals surface area contributed by atoms with E-state index < -0.39 is 0 Å². The number of hydrogen-bond donors (Lipinski definition) is 1. The van der Waals surface area contributed by atoms with Crippen LogP contribution in [0.15, 0.2) is 54.6 Å². The van der Waals surface area contributed by atoms with Gasteiger partial charge in [-0.3, -0.25) is 0 Å². The summed E-state index contributed by atoms with van der Waals surface area (Å²) in [5, 5.41) is 0. The van der Waals surface area contributed by atoms with Gasteiger partial charge in [0, 0.05) is 24.7 Å². The number of nitrogens with two attached hydrogens (primary N) is 1. The maximum atomic E-state index is 5.74. The van der Waals surface area contributed by atoms with E-state index in [9.17, 15) is 0 Å². The topological polar surface area (TPSA) is 29.3 Å². The van der Waals surface area contributed by atoms with Gasteiger partial charge in [0.2, 0.25) is 0 Å². The molecule has 1 atom stereocenters. The molecule has 2 aromatic rings. The summed E-state index contributed by atoms with van der Waals surface area (Å²) in [6, 6.07) is 19.4. The number of hydrogen-bond acceptors (Lipinski definition) is 2. The second-order valence-electron chi connectivity index (χ2n) is 5.20. The van der Waals surface area contributed by atoms with Gasteiger partial charge in [-0.1, -0.05) is 48.5 Å². The third-order valence-corrected chi connectivity index (χ3v) is 3.89. The first-order chi connectivity index (χ1) is 9.38. The van der Waals surface area contributed by atoms with Crippen molar-refractivity contribution in [3.05, 3.63) is 65.7 Å². The van der Waals surface area contributed by atoms with Gasteiger partial charge in [0.1, 0.15) is 0 Å². The van der Waals surface area contributed by atoms with Gasteiger partial charge in [-0.15, -0.1) is 0 Å². The molecule has 0 bridgehead atoms. The summed E-state index contributed by atoms with van der Waals surface area (Å²) in [6.45, 7) is 2.84. The summed E-state index contributed by atoms with van der Waals surface area (Å²) >= 11 is 0. The highest BCUT2D eigenvalue weighted by atomic mass is 15.2. The molecule has 0 amide bonds. The molecule has 0 aromatic heterocycles. The van der Waals surface area contributed by atoms with Gasteiger partial charge in [-0.05, 0) is 30.2 Å². The first-order valence-corrected chi connectivity index (χ1v) is 6.96. The van der Waals surface area contributed by atoms with Crippen LogP contribution in [0.1, 0.15) is 23.5 Å². The van der Waals surface area contributed by atoms with Crippen LogP contribution in [0.5, 0.6) is 0 Å². The molecule has 0 radical (unpaired) electrons. The van der Waals surface area contributed by atoms with Crippen molar-refractivity contribution in [1.29, 1.82) is 0 Å². The molecule has 1 unspecified atom stereocenters. The van der Waals surface area contributed by atoms with E-state index in [0.29, 0.717) is 5.92 Å². The van der Waals surface area contributed by atoms with E-state index in [-0.39, 0.29) is 0 Å². The highest BCUT2D eigenvalue weighted by molar-refractivity contribution is 5.60. The summed E-state index contributed by atoms with van der Waals surface area (Å²) in [7, 11) is 0. The first kappa shape index (κ1) is 12.2. The Hall–Kier alpha value is -1.80. The van der Waals surface area contributed by atoms with Crippen LogP contribution >= 0.6 is 0 Å². The summed E-state index contributed by atoms with van der Waals surface area (Å²) < 4.78 is 0. The van der Waals surface area contributed by atoms with Crippen LogP contribution in [0.4, 0.5) is 5.69 Å². The summed E-state index contributed by atoms with van der Waals surface area (Å²) in [5.41, 5.74) is 9.95. The normalized spacial score (nSPS) is 17.5. The lowest BCUT2D eigenvalue weighted by atomic mass is 9.98. The van der Waals surface area contributed by atoms with Gasteiger partial charge >= 0.3 is 0 Å². The maximum absolute atomic E-state index is 5.74. The maximum Gasteiger partial charge on any atom is 0.0429 e. The van der Waals surface area contributed by atoms with Crippen molar-refractivity contribution >= 4 is 5.69 Å². The van der Waals surface area contributed by atoms with Crippen LogP contribution in [0.3, 0.4) is 0 Å². The fourth-order valence-corrected chi connectivity index (χ4v) is 2.98. The zero-order chi connectivity index (χ0) is 13.1. The molecule has 2 nitrogen and oxygen atoms in total. The average molecular weight is 252 g/mol. The monoisotopic (exact) mass is 252 g/mol. The minimum atomic E-state index is 0.588. The third-order valence-electron chi connectivity index (χ3n) is 3.89. The second-order valence-corrected chi connectivity index (χ2v) is 5.20. The molecule has 0 aliphatic carbocycles. The summed E-state index contributed by atoms with van der Waals surface area (Å²) in [4.78, 5) is 2.48. The van der Waals surface area contributed by atoms with Crippen molar-refractivity contribution in [2.75, 3.05) is 18.0 Å². The average Bonchev–Trinajstić information content (AvgIpc) is 2.79. The molecule has 2 heteroatoms. The quantitative estimate of drug-likeness (QED) is 0.905. The molecule has 1 heterocycles. The van der Waals surface area contributed by atoms with Gasteiger partial charge in [-0.25, -0.2) is 0 Å². The van der Waals surface area contributed by atoms with Crippen molar-refractivity contribution in [3.63, 3.8) is 0 Å². The summed E-state index contributed by atoms with van der Waals surface area (Å²) in [5.74, 6) is 0.588. The standard InChI is InChI=1S/C17H20N2/c18-11-10-15-13-19(12-14-6-2-1-3-7-14)17-9-5-4-8-16(15)17/h1-9,15H,10-13,18H2. The highest BCUT2D eigenvalue weighted by Crippen LogP contribution is 2.38. The molecule has 0 fully saturated rings. The van der Waals surface area contributed by atoms with Crippen molar-refractivity contribution in [1.82, 2.24) is 0 Å². The van der Waals surface area contributed by atoms with Crippen LogP contribution in [-0.2, 0) is 6.54 Å². The molecule has 1 aliphatic heterocycles. The Morgan fingerprint density at radius 3 is 2.53 bits per heavy atom. The zero-order valence-electron chi connectivity index (χ0n) is 11.1. The van der Waals surface area contributed by atoms with Crippen LogP contribution in [-0.4, -0.2) is 13.1 Å². The Kier molecular flexibility index (Phi) is 3.51. The third kappa shape index (κ3) is 2.49. The fourth-order valence-electron chi connectivity index (χ4n) is 2.98. The van der Waals surface area contributed by atoms with E-state index in [1.165, 1.54) is 16.8 Å². The minimum absolute atomic E-state index is 0.588. The molecule has 0 spiro atoms. The number of benzene rings is 2. The Balaban J connectivity index is 1.84. The number of anilines is 1. The number of para-hydroxylation sites is 1. The minimum Gasteiger partial charge on any atom is -0.366 e. The predicted molar refractivity (Wildman–Crippen MR) is 80.3 cm³/mol. The molecule has 2 aromatic carbocycles. The van der Waals surface area contributed by atoms with Crippen molar-refractivity contribution in [2.45, 2.75) is 18.9 Å². The molecule has 98 valence electrons. The highest BCUT2D eigenvalue weighted by Gasteiger charge is 2.27. The predicted octanol–water partition coefficient (Wildman–Crippen LogP) is 3.14. The molecular weight excluding hydrogens is 232 g/mol.